The monoisotopic (exact) mass is 407 g/mol. The van der Waals surface area contributed by atoms with E-state index in [1.165, 1.54) is 11.1 Å². The third-order valence-electron chi connectivity index (χ3n) is 5.51. The number of imide groups is 1. The maximum atomic E-state index is 13.0. The molecule has 4 amide bonds. The van der Waals surface area contributed by atoms with Gasteiger partial charge in [-0.25, -0.2) is 4.79 Å². The standard InChI is InChI=1S/C24H29N3O3/c1-5-6-17-7-11-19(12-8-17)24(4)22(29)27(23(30)26-24)15-21(28)25-20-13-9-18(10-14-20)16(2)3/h7-14,16H,5-6,15H2,1-4H3,(H,25,28)(H,26,30)/t24-/m0/s1. The lowest BCUT2D eigenvalue weighted by Crippen LogP contribution is -2.42. The van der Waals surface area contributed by atoms with Gasteiger partial charge in [-0.2, -0.15) is 0 Å². The lowest BCUT2D eigenvalue weighted by molar-refractivity contribution is -0.133. The van der Waals surface area contributed by atoms with Gasteiger partial charge in [0.05, 0.1) is 0 Å². The van der Waals surface area contributed by atoms with Crippen molar-refractivity contribution in [2.45, 2.75) is 52.0 Å². The van der Waals surface area contributed by atoms with Crippen molar-refractivity contribution in [1.82, 2.24) is 10.2 Å². The van der Waals surface area contributed by atoms with Crippen molar-refractivity contribution < 1.29 is 14.4 Å². The molecule has 1 fully saturated rings. The van der Waals surface area contributed by atoms with Crippen LogP contribution in [-0.2, 0) is 21.5 Å². The maximum absolute atomic E-state index is 13.0. The van der Waals surface area contributed by atoms with E-state index in [1.807, 2.05) is 48.5 Å². The molecule has 0 aromatic heterocycles. The van der Waals surface area contributed by atoms with Gasteiger partial charge < -0.3 is 10.6 Å². The van der Waals surface area contributed by atoms with E-state index in [-0.39, 0.29) is 6.54 Å². The maximum Gasteiger partial charge on any atom is 0.325 e. The molecule has 1 saturated heterocycles. The van der Waals surface area contributed by atoms with Crippen molar-refractivity contribution in [3.8, 4) is 0 Å². The zero-order chi connectivity index (χ0) is 21.9. The smallest absolute Gasteiger partial charge is 0.325 e. The normalized spacial score (nSPS) is 18.6. The van der Waals surface area contributed by atoms with Crippen molar-refractivity contribution in [1.29, 1.82) is 0 Å². The number of urea groups is 1. The van der Waals surface area contributed by atoms with Crippen LogP contribution in [-0.4, -0.2) is 29.3 Å². The summed E-state index contributed by atoms with van der Waals surface area (Å²) in [5.41, 5.74) is 2.50. The summed E-state index contributed by atoms with van der Waals surface area (Å²) in [7, 11) is 0. The van der Waals surface area contributed by atoms with Gasteiger partial charge in [0.25, 0.3) is 5.91 Å². The fraction of sp³-hybridized carbons (Fsp3) is 0.375. The fourth-order valence-electron chi connectivity index (χ4n) is 3.63. The molecule has 158 valence electrons. The first-order chi connectivity index (χ1) is 14.2. The Kier molecular flexibility index (Phi) is 6.25. The Labute approximate surface area is 177 Å². The van der Waals surface area contributed by atoms with Crippen LogP contribution in [0.15, 0.2) is 48.5 Å². The number of aryl methyl sites for hydroxylation is 1. The molecule has 3 rings (SSSR count). The molecule has 1 atom stereocenters. The molecule has 6 heteroatoms. The predicted molar refractivity (Wildman–Crippen MR) is 117 cm³/mol. The van der Waals surface area contributed by atoms with Crippen LogP contribution in [0.5, 0.6) is 0 Å². The summed E-state index contributed by atoms with van der Waals surface area (Å²) >= 11 is 0. The van der Waals surface area contributed by atoms with Crippen LogP contribution in [0.4, 0.5) is 10.5 Å². The third-order valence-corrected chi connectivity index (χ3v) is 5.51. The minimum Gasteiger partial charge on any atom is -0.325 e. The van der Waals surface area contributed by atoms with Gasteiger partial charge in [-0.15, -0.1) is 0 Å². The Morgan fingerprint density at radius 1 is 1.07 bits per heavy atom. The molecule has 0 aliphatic carbocycles. The number of nitrogens with zero attached hydrogens (tertiary/aromatic N) is 1. The molecular formula is C24H29N3O3. The van der Waals surface area contributed by atoms with Crippen LogP contribution in [0.3, 0.4) is 0 Å². The number of hydrogen-bond acceptors (Lipinski definition) is 3. The highest BCUT2D eigenvalue weighted by atomic mass is 16.2. The molecule has 0 unspecified atom stereocenters. The second-order valence-corrected chi connectivity index (χ2v) is 8.22. The highest BCUT2D eigenvalue weighted by Gasteiger charge is 2.49. The molecule has 0 bridgehead atoms. The van der Waals surface area contributed by atoms with Crippen LogP contribution in [0, 0.1) is 0 Å². The first-order valence-corrected chi connectivity index (χ1v) is 10.4. The highest BCUT2D eigenvalue weighted by molar-refractivity contribution is 6.10. The number of benzene rings is 2. The zero-order valence-corrected chi connectivity index (χ0v) is 18.0. The van der Waals surface area contributed by atoms with Crippen molar-refractivity contribution >= 4 is 23.5 Å². The van der Waals surface area contributed by atoms with E-state index >= 15 is 0 Å². The van der Waals surface area contributed by atoms with E-state index in [0.29, 0.717) is 17.2 Å². The molecule has 30 heavy (non-hydrogen) atoms. The predicted octanol–water partition coefficient (Wildman–Crippen LogP) is 4.17. The van der Waals surface area contributed by atoms with Gasteiger partial charge >= 0.3 is 6.03 Å². The second-order valence-electron chi connectivity index (χ2n) is 8.22. The number of rotatable bonds is 7. The average Bonchev–Trinajstić information content (AvgIpc) is 2.93. The molecule has 2 aromatic carbocycles. The Hall–Kier alpha value is -3.15. The van der Waals surface area contributed by atoms with Gasteiger partial charge in [-0.1, -0.05) is 63.6 Å². The summed E-state index contributed by atoms with van der Waals surface area (Å²) in [6, 6.07) is 14.7. The quantitative estimate of drug-likeness (QED) is 0.676. The number of carbonyl (C=O) groups is 3. The van der Waals surface area contributed by atoms with Gasteiger partial charge in [0.15, 0.2) is 0 Å². The number of amides is 4. The lowest BCUT2D eigenvalue weighted by atomic mass is 9.91. The van der Waals surface area contributed by atoms with E-state index in [9.17, 15) is 14.4 Å². The number of nitrogens with one attached hydrogen (secondary N) is 2. The molecular weight excluding hydrogens is 378 g/mol. The molecule has 1 aliphatic heterocycles. The van der Waals surface area contributed by atoms with Gasteiger partial charge in [0.1, 0.15) is 12.1 Å². The van der Waals surface area contributed by atoms with Crippen molar-refractivity contribution in [2.75, 3.05) is 11.9 Å². The van der Waals surface area contributed by atoms with Gasteiger partial charge in [0.2, 0.25) is 5.91 Å². The van der Waals surface area contributed by atoms with Crippen LogP contribution < -0.4 is 10.6 Å². The largest absolute Gasteiger partial charge is 0.325 e. The van der Waals surface area contributed by atoms with E-state index in [2.05, 4.69) is 31.4 Å². The Morgan fingerprint density at radius 2 is 1.70 bits per heavy atom. The van der Waals surface area contributed by atoms with E-state index in [0.717, 1.165) is 17.7 Å². The molecule has 1 aliphatic rings. The van der Waals surface area contributed by atoms with Crippen LogP contribution >= 0.6 is 0 Å². The summed E-state index contributed by atoms with van der Waals surface area (Å²) in [5.74, 6) is -0.450. The van der Waals surface area contributed by atoms with Crippen molar-refractivity contribution in [3.63, 3.8) is 0 Å². The molecule has 6 nitrogen and oxygen atoms in total. The van der Waals surface area contributed by atoms with E-state index < -0.39 is 23.4 Å². The van der Waals surface area contributed by atoms with Gasteiger partial charge in [-0.05, 0) is 48.1 Å². The summed E-state index contributed by atoms with van der Waals surface area (Å²) in [6.07, 6.45) is 2.00. The molecule has 0 radical (unpaired) electrons. The minimum atomic E-state index is -1.18. The SMILES string of the molecule is CCCc1ccc([C@]2(C)NC(=O)N(CC(=O)Nc3ccc(C(C)C)cc3)C2=O)cc1. The first kappa shape index (κ1) is 21.6. The number of anilines is 1. The van der Waals surface area contributed by atoms with Crippen LogP contribution in [0.2, 0.25) is 0 Å². The van der Waals surface area contributed by atoms with Gasteiger partial charge in [-0.3, -0.25) is 14.5 Å². The first-order valence-electron chi connectivity index (χ1n) is 10.4. The molecule has 0 spiro atoms. The summed E-state index contributed by atoms with van der Waals surface area (Å²) in [4.78, 5) is 38.9. The Balaban J connectivity index is 1.68. The van der Waals surface area contributed by atoms with Gasteiger partial charge in [0, 0.05) is 5.69 Å². The van der Waals surface area contributed by atoms with Crippen molar-refractivity contribution in [3.05, 3.63) is 65.2 Å². The topological polar surface area (TPSA) is 78.5 Å². The molecule has 2 aromatic rings. The van der Waals surface area contributed by atoms with E-state index in [1.54, 1.807) is 6.92 Å². The zero-order valence-electron chi connectivity index (χ0n) is 18.0. The molecule has 1 heterocycles. The molecule has 2 N–H and O–H groups in total. The fourth-order valence-corrected chi connectivity index (χ4v) is 3.63. The number of hydrogen-bond donors (Lipinski definition) is 2. The average molecular weight is 408 g/mol. The summed E-state index contributed by atoms with van der Waals surface area (Å²) in [5, 5.41) is 5.50. The lowest BCUT2D eigenvalue weighted by Gasteiger charge is -2.22. The number of carbonyl (C=O) groups excluding carboxylic acids is 3. The molecule has 0 saturated carbocycles. The highest BCUT2D eigenvalue weighted by Crippen LogP contribution is 2.29. The van der Waals surface area contributed by atoms with Crippen LogP contribution in [0.25, 0.3) is 0 Å². The minimum absolute atomic E-state index is 0.333. The van der Waals surface area contributed by atoms with Crippen molar-refractivity contribution in [2.24, 2.45) is 0 Å². The Morgan fingerprint density at radius 3 is 2.27 bits per heavy atom. The van der Waals surface area contributed by atoms with Crippen LogP contribution in [0.1, 0.15) is 56.7 Å². The summed E-state index contributed by atoms with van der Waals surface area (Å²) in [6.45, 7) is 7.64. The Bertz CT molecular complexity index is 935. The second kappa shape index (κ2) is 8.69. The summed E-state index contributed by atoms with van der Waals surface area (Å²) < 4.78 is 0. The van der Waals surface area contributed by atoms with E-state index in [4.69, 9.17) is 0 Å². The third kappa shape index (κ3) is 4.37.